The highest BCUT2D eigenvalue weighted by molar-refractivity contribution is 5.11. The van der Waals surface area contributed by atoms with E-state index in [1.165, 1.54) is 6.42 Å². The van der Waals surface area contributed by atoms with Gasteiger partial charge in [0.05, 0.1) is 0 Å². The van der Waals surface area contributed by atoms with E-state index < -0.39 is 0 Å². The lowest BCUT2D eigenvalue weighted by molar-refractivity contribution is 0.0514. The molecule has 0 bridgehead atoms. The van der Waals surface area contributed by atoms with Crippen molar-refractivity contribution in [2.75, 3.05) is 0 Å². The van der Waals surface area contributed by atoms with Crippen molar-refractivity contribution in [3.63, 3.8) is 0 Å². The molecule has 0 heteroatoms. The molecule has 1 fully saturated rings. The number of allylic oxidation sites excluding steroid dienone is 2. The zero-order valence-corrected chi connectivity index (χ0v) is 6.17. The average molecular weight is 122 g/mol. The number of hydrogen-bond donors (Lipinski definition) is 0. The van der Waals surface area contributed by atoms with Crippen molar-refractivity contribution in [3.8, 4) is 0 Å². The van der Waals surface area contributed by atoms with Crippen molar-refractivity contribution in [1.82, 2.24) is 0 Å². The molecule has 2 aliphatic rings. The highest BCUT2D eigenvalue weighted by Crippen LogP contribution is 2.51. The molecule has 0 spiro atoms. The molecule has 1 saturated carbocycles. The normalized spacial score (nSPS) is 54.9. The zero-order chi connectivity index (χ0) is 6.43. The lowest BCUT2D eigenvalue weighted by Gasteiger charge is -2.45. The van der Waals surface area contributed by atoms with Gasteiger partial charge in [-0.2, -0.15) is 0 Å². The summed E-state index contributed by atoms with van der Waals surface area (Å²) >= 11 is 0. The summed E-state index contributed by atoms with van der Waals surface area (Å²) in [6.07, 6.45) is 6.13. The second-order valence-electron chi connectivity index (χ2n) is 3.62. The highest BCUT2D eigenvalue weighted by Gasteiger charge is 2.44. The van der Waals surface area contributed by atoms with Crippen LogP contribution in [0.4, 0.5) is 0 Å². The first-order chi connectivity index (χ1) is 4.30. The van der Waals surface area contributed by atoms with Gasteiger partial charge < -0.3 is 0 Å². The van der Waals surface area contributed by atoms with E-state index in [0.717, 1.165) is 23.7 Å². The first-order valence-electron chi connectivity index (χ1n) is 3.97. The summed E-state index contributed by atoms with van der Waals surface area (Å²) in [7, 11) is 0. The second kappa shape index (κ2) is 1.62. The van der Waals surface area contributed by atoms with E-state index in [-0.39, 0.29) is 0 Å². The molecular weight excluding hydrogens is 108 g/mol. The van der Waals surface area contributed by atoms with Crippen LogP contribution in [0.5, 0.6) is 0 Å². The molecule has 9 heavy (non-hydrogen) atoms. The van der Waals surface area contributed by atoms with Gasteiger partial charge in [0.1, 0.15) is 0 Å². The van der Waals surface area contributed by atoms with Gasteiger partial charge in [-0.3, -0.25) is 0 Å². The fourth-order valence-electron chi connectivity index (χ4n) is 2.42. The third-order valence-electron chi connectivity index (χ3n) is 3.37. The van der Waals surface area contributed by atoms with E-state index in [4.69, 9.17) is 0 Å². The van der Waals surface area contributed by atoms with Crippen LogP contribution in [0.15, 0.2) is 12.2 Å². The molecule has 0 aromatic heterocycles. The predicted molar refractivity (Wildman–Crippen MR) is 39.1 cm³/mol. The maximum atomic E-state index is 2.41. The van der Waals surface area contributed by atoms with Crippen LogP contribution in [0, 0.1) is 23.7 Å². The highest BCUT2D eigenvalue weighted by atomic mass is 14.5. The third-order valence-corrected chi connectivity index (χ3v) is 3.37. The fourth-order valence-corrected chi connectivity index (χ4v) is 2.42. The van der Waals surface area contributed by atoms with E-state index in [2.05, 4.69) is 26.0 Å². The molecule has 0 radical (unpaired) electrons. The number of fused-ring (bicyclic) bond motifs is 1. The Bertz CT molecular complexity index is 146. The minimum atomic E-state index is 0.958. The lowest BCUT2D eigenvalue weighted by Crippen LogP contribution is -2.39. The van der Waals surface area contributed by atoms with Gasteiger partial charge in [-0.15, -0.1) is 0 Å². The Hall–Kier alpha value is -0.260. The first kappa shape index (κ1) is 5.52. The molecule has 0 N–H and O–H groups in total. The Morgan fingerprint density at radius 3 is 2.67 bits per heavy atom. The molecule has 0 aromatic carbocycles. The maximum Gasteiger partial charge on any atom is -0.0171 e. The van der Waals surface area contributed by atoms with Gasteiger partial charge in [-0.1, -0.05) is 26.0 Å². The fraction of sp³-hybridized carbons (Fsp3) is 0.778. The molecule has 0 aromatic rings. The van der Waals surface area contributed by atoms with Crippen LogP contribution in [0.3, 0.4) is 0 Å². The summed E-state index contributed by atoms with van der Waals surface area (Å²) in [5.41, 5.74) is 0. The van der Waals surface area contributed by atoms with Gasteiger partial charge in [0.25, 0.3) is 0 Å². The van der Waals surface area contributed by atoms with Gasteiger partial charge in [-0.25, -0.2) is 0 Å². The van der Waals surface area contributed by atoms with Crippen LogP contribution in [-0.4, -0.2) is 0 Å². The molecule has 0 amide bonds. The molecule has 2 rings (SSSR count). The van der Waals surface area contributed by atoms with E-state index in [9.17, 15) is 0 Å². The maximum absolute atomic E-state index is 2.41. The quantitative estimate of drug-likeness (QED) is 0.433. The van der Waals surface area contributed by atoms with Crippen LogP contribution in [-0.2, 0) is 0 Å². The van der Waals surface area contributed by atoms with Crippen LogP contribution in [0.2, 0.25) is 0 Å². The average Bonchev–Trinajstić information content (AvgIpc) is 2.30. The molecule has 0 heterocycles. The minimum Gasteiger partial charge on any atom is -0.0879 e. The van der Waals surface area contributed by atoms with Crippen molar-refractivity contribution >= 4 is 0 Å². The van der Waals surface area contributed by atoms with Crippen molar-refractivity contribution in [2.24, 2.45) is 23.7 Å². The van der Waals surface area contributed by atoms with Gasteiger partial charge in [-0.05, 0) is 30.1 Å². The van der Waals surface area contributed by atoms with Crippen LogP contribution < -0.4 is 0 Å². The molecule has 0 nitrogen and oxygen atoms in total. The molecule has 50 valence electrons. The van der Waals surface area contributed by atoms with E-state index in [1.54, 1.807) is 0 Å². The Labute approximate surface area is 57.0 Å². The molecule has 0 unspecified atom stereocenters. The van der Waals surface area contributed by atoms with Crippen molar-refractivity contribution in [3.05, 3.63) is 12.2 Å². The lowest BCUT2D eigenvalue weighted by atomic mass is 9.60. The number of hydrogen-bond acceptors (Lipinski definition) is 0. The summed E-state index contributed by atoms with van der Waals surface area (Å²) in [6.45, 7) is 4.76. The molecular formula is C9H14. The zero-order valence-electron chi connectivity index (χ0n) is 6.17. The van der Waals surface area contributed by atoms with Crippen molar-refractivity contribution in [1.29, 1.82) is 0 Å². The smallest absolute Gasteiger partial charge is 0.0171 e. The van der Waals surface area contributed by atoms with E-state index >= 15 is 0 Å². The first-order valence-corrected chi connectivity index (χ1v) is 3.97. The topological polar surface area (TPSA) is 0 Å². The Morgan fingerprint density at radius 2 is 2.00 bits per heavy atom. The van der Waals surface area contributed by atoms with Crippen LogP contribution >= 0.6 is 0 Å². The Balaban J connectivity index is 2.12. The largest absolute Gasteiger partial charge is 0.0879 e. The van der Waals surface area contributed by atoms with Crippen LogP contribution in [0.25, 0.3) is 0 Å². The van der Waals surface area contributed by atoms with Gasteiger partial charge in [0.2, 0.25) is 0 Å². The SMILES string of the molecule is C[C@@H]1[C@H](C)[C@H]2C=CC[C@@H]12. The summed E-state index contributed by atoms with van der Waals surface area (Å²) in [5.74, 6) is 3.94. The third kappa shape index (κ3) is 0.540. The van der Waals surface area contributed by atoms with Gasteiger partial charge >= 0.3 is 0 Å². The number of rotatable bonds is 0. The minimum absolute atomic E-state index is 0.958. The standard InChI is InChI=1S/C9H14/c1-6-7(2)9-5-3-4-8(6)9/h3-4,6-9H,5H2,1-2H3/t6-,7+,8+,9-/m0/s1. The summed E-state index contributed by atoms with van der Waals surface area (Å²) in [5, 5.41) is 0. The predicted octanol–water partition coefficient (Wildman–Crippen LogP) is 2.46. The Morgan fingerprint density at radius 1 is 1.22 bits per heavy atom. The molecule has 4 atom stereocenters. The summed E-state index contributed by atoms with van der Waals surface area (Å²) in [6, 6.07) is 0. The Kier molecular flexibility index (Phi) is 0.992. The molecule has 2 aliphatic carbocycles. The molecule has 0 saturated heterocycles. The molecule has 0 aliphatic heterocycles. The van der Waals surface area contributed by atoms with E-state index in [0.29, 0.717) is 0 Å². The van der Waals surface area contributed by atoms with E-state index in [1.807, 2.05) is 0 Å². The van der Waals surface area contributed by atoms with Crippen molar-refractivity contribution < 1.29 is 0 Å². The monoisotopic (exact) mass is 122 g/mol. The second-order valence-corrected chi connectivity index (χ2v) is 3.62. The van der Waals surface area contributed by atoms with Crippen molar-refractivity contribution in [2.45, 2.75) is 20.3 Å². The van der Waals surface area contributed by atoms with Gasteiger partial charge in [0, 0.05) is 0 Å². The van der Waals surface area contributed by atoms with Crippen LogP contribution in [0.1, 0.15) is 20.3 Å². The summed E-state index contributed by atoms with van der Waals surface area (Å²) < 4.78 is 0. The summed E-state index contributed by atoms with van der Waals surface area (Å²) in [4.78, 5) is 0. The van der Waals surface area contributed by atoms with Gasteiger partial charge in [0.15, 0.2) is 0 Å².